The van der Waals surface area contributed by atoms with Crippen molar-refractivity contribution in [2.75, 3.05) is 13.2 Å². The lowest BCUT2D eigenvalue weighted by Crippen LogP contribution is -2.38. The van der Waals surface area contributed by atoms with Gasteiger partial charge < -0.3 is 10.0 Å². The first-order valence-corrected chi connectivity index (χ1v) is 6.75. The number of aliphatic hydroxyl groups excluding tert-OH is 1. The number of carbonyl (C=O) groups excluding carboxylic acids is 1. The van der Waals surface area contributed by atoms with Crippen LogP contribution in [0.15, 0.2) is 18.2 Å². The fourth-order valence-corrected chi connectivity index (χ4v) is 1.93. The van der Waals surface area contributed by atoms with Gasteiger partial charge >= 0.3 is 0 Å². The molecule has 0 aliphatic rings. The first kappa shape index (κ1) is 16.2. The number of rotatable bonds is 4. The van der Waals surface area contributed by atoms with E-state index in [1.165, 1.54) is 12.1 Å². The SMILES string of the molecule is CCC(C)N(CC)C(=O)c1ccc(C#CCO)c(F)c1. The average molecular weight is 277 g/mol. The summed E-state index contributed by atoms with van der Waals surface area (Å²) in [7, 11) is 0. The highest BCUT2D eigenvalue weighted by Crippen LogP contribution is 2.14. The molecule has 0 saturated heterocycles. The largest absolute Gasteiger partial charge is 0.384 e. The summed E-state index contributed by atoms with van der Waals surface area (Å²) in [5.41, 5.74) is 0.501. The molecule has 0 spiro atoms. The van der Waals surface area contributed by atoms with Crippen LogP contribution in [0.2, 0.25) is 0 Å². The molecule has 1 aromatic rings. The molecule has 0 aliphatic heterocycles. The van der Waals surface area contributed by atoms with Crippen LogP contribution in [0.3, 0.4) is 0 Å². The Balaban J connectivity index is 3.02. The van der Waals surface area contributed by atoms with Gasteiger partial charge in [-0.25, -0.2) is 4.39 Å². The van der Waals surface area contributed by atoms with Crippen molar-refractivity contribution >= 4 is 5.91 Å². The van der Waals surface area contributed by atoms with Gasteiger partial charge in [0.1, 0.15) is 12.4 Å². The fourth-order valence-electron chi connectivity index (χ4n) is 1.93. The Bertz CT molecular complexity index is 531. The van der Waals surface area contributed by atoms with Crippen molar-refractivity contribution in [1.29, 1.82) is 0 Å². The van der Waals surface area contributed by atoms with E-state index in [1.807, 2.05) is 20.8 Å². The van der Waals surface area contributed by atoms with E-state index in [1.54, 1.807) is 11.0 Å². The van der Waals surface area contributed by atoms with Crippen LogP contribution in [0.4, 0.5) is 4.39 Å². The molecule has 0 fully saturated rings. The van der Waals surface area contributed by atoms with Crippen LogP contribution in [-0.2, 0) is 0 Å². The highest BCUT2D eigenvalue weighted by Gasteiger charge is 2.19. The molecule has 0 aliphatic carbocycles. The molecule has 1 rings (SSSR count). The highest BCUT2D eigenvalue weighted by molar-refractivity contribution is 5.94. The van der Waals surface area contributed by atoms with Crippen molar-refractivity contribution < 1.29 is 14.3 Å². The summed E-state index contributed by atoms with van der Waals surface area (Å²) in [6, 6.07) is 4.35. The van der Waals surface area contributed by atoms with Crippen LogP contribution in [0, 0.1) is 17.7 Å². The maximum atomic E-state index is 13.8. The Morgan fingerprint density at radius 3 is 2.65 bits per heavy atom. The topological polar surface area (TPSA) is 40.5 Å². The van der Waals surface area contributed by atoms with Gasteiger partial charge in [0, 0.05) is 18.2 Å². The zero-order chi connectivity index (χ0) is 15.1. The standard InChI is InChI=1S/C16H20FNO2/c1-4-12(3)18(5-2)16(20)14-9-8-13(7-6-10-19)15(17)11-14/h8-9,11-12,19H,4-5,10H2,1-3H3. The zero-order valence-electron chi connectivity index (χ0n) is 12.1. The van der Waals surface area contributed by atoms with Crippen molar-refractivity contribution in [2.24, 2.45) is 0 Å². The Labute approximate surface area is 119 Å². The van der Waals surface area contributed by atoms with Crippen LogP contribution in [0.1, 0.15) is 43.1 Å². The van der Waals surface area contributed by atoms with Gasteiger partial charge in [-0.05, 0) is 38.5 Å². The van der Waals surface area contributed by atoms with Gasteiger partial charge in [-0.1, -0.05) is 18.8 Å². The number of carbonyl (C=O) groups is 1. The van der Waals surface area contributed by atoms with E-state index in [-0.39, 0.29) is 24.1 Å². The summed E-state index contributed by atoms with van der Waals surface area (Å²) in [6.07, 6.45) is 0.849. The van der Waals surface area contributed by atoms with Gasteiger partial charge in [0.2, 0.25) is 0 Å². The number of amides is 1. The summed E-state index contributed by atoms with van der Waals surface area (Å²) in [5.74, 6) is 4.17. The minimum Gasteiger partial charge on any atom is -0.384 e. The molecule has 1 amide bonds. The molecule has 1 unspecified atom stereocenters. The van der Waals surface area contributed by atoms with E-state index in [2.05, 4.69) is 11.8 Å². The lowest BCUT2D eigenvalue weighted by Gasteiger charge is -2.27. The van der Waals surface area contributed by atoms with Crippen LogP contribution in [-0.4, -0.2) is 35.1 Å². The molecule has 1 N–H and O–H groups in total. The molecule has 0 bridgehead atoms. The van der Waals surface area contributed by atoms with Gasteiger partial charge in [0.05, 0.1) is 5.56 Å². The predicted molar refractivity (Wildman–Crippen MR) is 76.8 cm³/mol. The van der Waals surface area contributed by atoms with E-state index in [0.717, 1.165) is 6.42 Å². The van der Waals surface area contributed by atoms with Gasteiger partial charge in [0.25, 0.3) is 5.91 Å². The van der Waals surface area contributed by atoms with Crippen molar-refractivity contribution in [3.63, 3.8) is 0 Å². The molecule has 4 heteroatoms. The van der Waals surface area contributed by atoms with Crippen LogP contribution in [0.25, 0.3) is 0 Å². The molecule has 3 nitrogen and oxygen atoms in total. The Morgan fingerprint density at radius 2 is 2.15 bits per heavy atom. The highest BCUT2D eigenvalue weighted by atomic mass is 19.1. The Morgan fingerprint density at radius 1 is 1.45 bits per heavy atom. The number of nitrogens with zero attached hydrogens (tertiary/aromatic N) is 1. The van der Waals surface area contributed by atoms with E-state index in [9.17, 15) is 9.18 Å². The Hall–Kier alpha value is -1.86. The number of halogens is 1. The van der Waals surface area contributed by atoms with Gasteiger partial charge in [-0.3, -0.25) is 4.79 Å². The van der Waals surface area contributed by atoms with E-state index < -0.39 is 5.82 Å². The van der Waals surface area contributed by atoms with E-state index in [0.29, 0.717) is 12.1 Å². The second-order valence-electron chi connectivity index (χ2n) is 4.50. The molecular formula is C16H20FNO2. The second kappa shape index (κ2) is 7.66. The lowest BCUT2D eigenvalue weighted by molar-refractivity contribution is 0.0699. The van der Waals surface area contributed by atoms with Crippen molar-refractivity contribution in [2.45, 2.75) is 33.2 Å². The first-order chi connectivity index (χ1) is 9.54. The molecular weight excluding hydrogens is 257 g/mol. The zero-order valence-corrected chi connectivity index (χ0v) is 12.1. The third-order valence-corrected chi connectivity index (χ3v) is 3.24. The molecule has 0 saturated carbocycles. The average Bonchev–Trinajstić information content (AvgIpc) is 2.46. The van der Waals surface area contributed by atoms with Crippen molar-refractivity contribution in [1.82, 2.24) is 4.90 Å². The van der Waals surface area contributed by atoms with E-state index in [4.69, 9.17) is 5.11 Å². The predicted octanol–water partition coefficient (Wildman–Crippen LogP) is 2.43. The molecule has 1 atom stereocenters. The monoisotopic (exact) mass is 277 g/mol. The summed E-state index contributed by atoms with van der Waals surface area (Å²) in [4.78, 5) is 14.1. The molecule has 0 heterocycles. The van der Waals surface area contributed by atoms with Gasteiger partial charge in [-0.15, -0.1) is 0 Å². The molecule has 0 radical (unpaired) electrons. The van der Waals surface area contributed by atoms with Gasteiger partial charge in [0.15, 0.2) is 0 Å². The first-order valence-electron chi connectivity index (χ1n) is 6.75. The number of hydrogen-bond acceptors (Lipinski definition) is 2. The van der Waals surface area contributed by atoms with Crippen LogP contribution >= 0.6 is 0 Å². The van der Waals surface area contributed by atoms with Crippen molar-refractivity contribution in [3.05, 3.63) is 35.1 Å². The molecule has 108 valence electrons. The van der Waals surface area contributed by atoms with Crippen LogP contribution < -0.4 is 0 Å². The minimum absolute atomic E-state index is 0.115. The fraction of sp³-hybridized carbons (Fsp3) is 0.438. The number of hydrogen-bond donors (Lipinski definition) is 1. The quantitative estimate of drug-likeness (QED) is 0.859. The smallest absolute Gasteiger partial charge is 0.254 e. The molecule has 20 heavy (non-hydrogen) atoms. The third-order valence-electron chi connectivity index (χ3n) is 3.24. The van der Waals surface area contributed by atoms with Crippen LogP contribution in [0.5, 0.6) is 0 Å². The third kappa shape index (κ3) is 3.82. The normalized spacial score (nSPS) is 11.4. The lowest BCUT2D eigenvalue weighted by atomic mass is 10.1. The Kier molecular flexibility index (Phi) is 6.20. The number of benzene rings is 1. The van der Waals surface area contributed by atoms with E-state index >= 15 is 0 Å². The minimum atomic E-state index is -0.544. The second-order valence-corrected chi connectivity index (χ2v) is 4.50. The van der Waals surface area contributed by atoms with Gasteiger partial charge in [-0.2, -0.15) is 0 Å². The molecule has 0 aromatic heterocycles. The summed E-state index contributed by atoms with van der Waals surface area (Å²) < 4.78 is 13.8. The maximum Gasteiger partial charge on any atom is 0.254 e. The summed E-state index contributed by atoms with van der Waals surface area (Å²) >= 11 is 0. The van der Waals surface area contributed by atoms with Crippen molar-refractivity contribution in [3.8, 4) is 11.8 Å². The summed E-state index contributed by atoms with van der Waals surface area (Å²) in [5, 5.41) is 8.60. The maximum absolute atomic E-state index is 13.8. The number of aliphatic hydroxyl groups is 1. The summed E-state index contributed by atoms with van der Waals surface area (Å²) in [6.45, 7) is 6.15. The molecule has 1 aromatic carbocycles.